The van der Waals surface area contributed by atoms with Crippen molar-refractivity contribution in [3.05, 3.63) is 63.7 Å². The molecule has 0 N–H and O–H groups in total. The lowest BCUT2D eigenvalue weighted by molar-refractivity contribution is -0.384. The fourth-order valence-corrected chi connectivity index (χ4v) is 3.94. The number of non-ortho nitro benzene ring substituents is 1. The summed E-state index contributed by atoms with van der Waals surface area (Å²) in [4.78, 5) is 38.0. The van der Waals surface area contributed by atoms with Gasteiger partial charge in [-0.15, -0.1) is 0 Å². The van der Waals surface area contributed by atoms with E-state index >= 15 is 0 Å². The Morgan fingerprint density at radius 2 is 1.88 bits per heavy atom. The minimum atomic E-state index is -1.10. The highest BCUT2D eigenvalue weighted by atomic mass is 16.6. The summed E-state index contributed by atoms with van der Waals surface area (Å²) in [5, 5.41) is 10.8. The first-order valence-corrected chi connectivity index (χ1v) is 8.25. The van der Waals surface area contributed by atoms with Crippen molar-refractivity contribution >= 4 is 23.1 Å². The molecule has 0 aromatic heterocycles. The molecule has 132 valence electrons. The van der Waals surface area contributed by atoms with Crippen LogP contribution in [0.2, 0.25) is 0 Å². The molecule has 26 heavy (non-hydrogen) atoms. The van der Waals surface area contributed by atoms with Crippen LogP contribution in [0.3, 0.4) is 0 Å². The number of Topliss-reactive ketones (excluding diaryl/α,β-unsaturated/α-hetero) is 1. The summed E-state index contributed by atoms with van der Waals surface area (Å²) in [6, 6.07) is 11.1. The number of ether oxygens (including phenoxy) is 1. The van der Waals surface area contributed by atoms with Gasteiger partial charge in [-0.05, 0) is 31.0 Å². The van der Waals surface area contributed by atoms with Crippen molar-refractivity contribution in [3.8, 4) is 5.75 Å². The summed E-state index contributed by atoms with van der Waals surface area (Å²) >= 11 is 0. The Morgan fingerprint density at radius 1 is 1.15 bits per heavy atom. The van der Waals surface area contributed by atoms with Crippen LogP contribution in [-0.2, 0) is 11.2 Å². The van der Waals surface area contributed by atoms with E-state index in [9.17, 15) is 19.7 Å². The molecule has 0 saturated carbocycles. The molecule has 7 nitrogen and oxygen atoms in total. The van der Waals surface area contributed by atoms with E-state index in [4.69, 9.17) is 4.74 Å². The van der Waals surface area contributed by atoms with Gasteiger partial charge in [0.2, 0.25) is 5.91 Å². The van der Waals surface area contributed by atoms with Crippen LogP contribution >= 0.6 is 0 Å². The molecule has 1 aliphatic carbocycles. The van der Waals surface area contributed by atoms with E-state index in [-0.39, 0.29) is 17.4 Å². The number of carbonyl (C=O) groups is 2. The van der Waals surface area contributed by atoms with Crippen molar-refractivity contribution in [2.75, 3.05) is 18.6 Å². The number of fused-ring (bicyclic) bond motifs is 1. The monoisotopic (exact) mass is 352 g/mol. The number of rotatable bonds is 3. The summed E-state index contributed by atoms with van der Waals surface area (Å²) in [5.41, 5.74) is 0.748. The molecule has 1 spiro atoms. The maximum Gasteiger partial charge on any atom is 0.269 e. The lowest BCUT2D eigenvalue weighted by Gasteiger charge is -2.21. The van der Waals surface area contributed by atoms with Gasteiger partial charge in [0.15, 0.2) is 5.78 Å². The summed E-state index contributed by atoms with van der Waals surface area (Å²) in [6.07, 6.45) is 0.743. The normalized spacial score (nSPS) is 21.3. The predicted molar refractivity (Wildman–Crippen MR) is 93.5 cm³/mol. The van der Waals surface area contributed by atoms with E-state index < -0.39 is 10.3 Å². The summed E-state index contributed by atoms with van der Waals surface area (Å²) in [5.74, 6) is 0.199. The maximum absolute atomic E-state index is 13.2. The molecule has 7 heteroatoms. The second-order valence-corrected chi connectivity index (χ2v) is 6.55. The third-order valence-electron chi connectivity index (χ3n) is 5.30. The molecular weight excluding hydrogens is 336 g/mol. The van der Waals surface area contributed by atoms with Gasteiger partial charge in [0.1, 0.15) is 11.2 Å². The van der Waals surface area contributed by atoms with E-state index in [0.717, 1.165) is 5.56 Å². The van der Waals surface area contributed by atoms with Crippen LogP contribution in [0.5, 0.6) is 5.75 Å². The lowest BCUT2D eigenvalue weighted by Crippen LogP contribution is -2.39. The lowest BCUT2D eigenvalue weighted by atomic mass is 9.82. The Morgan fingerprint density at radius 3 is 2.54 bits per heavy atom. The van der Waals surface area contributed by atoms with Gasteiger partial charge < -0.3 is 9.64 Å². The van der Waals surface area contributed by atoms with Crippen molar-refractivity contribution in [2.45, 2.75) is 12.8 Å². The molecule has 1 heterocycles. The van der Waals surface area contributed by atoms with Gasteiger partial charge in [-0.1, -0.05) is 12.1 Å². The van der Waals surface area contributed by atoms with Gasteiger partial charge in [0.05, 0.1) is 12.0 Å². The van der Waals surface area contributed by atoms with Crippen LogP contribution in [0.25, 0.3) is 0 Å². The highest BCUT2D eigenvalue weighted by molar-refractivity contribution is 6.22. The number of anilines is 1. The van der Waals surface area contributed by atoms with Crippen molar-refractivity contribution in [1.82, 2.24) is 0 Å². The average molecular weight is 352 g/mol. The number of carbonyl (C=O) groups excluding carboxylic acids is 2. The SMILES string of the molecule is COc1cccc2c1CC1(CCN(c3ccc([N+](=O)[O-])cc3)C1=O)C2=O. The fraction of sp³-hybridized carbons (Fsp3) is 0.263. The van der Waals surface area contributed by atoms with E-state index in [1.807, 2.05) is 0 Å². The van der Waals surface area contributed by atoms with Crippen molar-refractivity contribution in [2.24, 2.45) is 5.41 Å². The molecule has 2 aromatic carbocycles. The number of hydrogen-bond acceptors (Lipinski definition) is 5. The molecule has 1 aliphatic heterocycles. The Bertz CT molecular complexity index is 937. The van der Waals surface area contributed by atoms with Gasteiger partial charge in [0.25, 0.3) is 5.69 Å². The summed E-state index contributed by atoms with van der Waals surface area (Å²) in [7, 11) is 1.55. The van der Waals surface area contributed by atoms with Gasteiger partial charge in [-0.3, -0.25) is 19.7 Å². The first-order valence-electron chi connectivity index (χ1n) is 8.25. The minimum absolute atomic E-state index is 0.0378. The number of nitro groups is 1. The maximum atomic E-state index is 13.2. The minimum Gasteiger partial charge on any atom is -0.496 e. The third kappa shape index (κ3) is 2.13. The first kappa shape index (κ1) is 16.3. The van der Waals surface area contributed by atoms with Crippen LogP contribution in [0.4, 0.5) is 11.4 Å². The largest absolute Gasteiger partial charge is 0.496 e. The summed E-state index contributed by atoms with van der Waals surface area (Å²) < 4.78 is 5.35. The Kier molecular flexibility index (Phi) is 3.54. The van der Waals surface area contributed by atoms with Gasteiger partial charge in [0, 0.05) is 35.5 Å². The second kappa shape index (κ2) is 5.66. The van der Waals surface area contributed by atoms with Crippen molar-refractivity contribution in [1.29, 1.82) is 0 Å². The number of amides is 1. The average Bonchev–Trinajstić information content (AvgIpc) is 3.13. The molecule has 1 atom stereocenters. The molecule has 4 rings (SSSR count). The van der Waals surface area contributed by atoms with Crippen molar-refractivity contribution in [3.63, 3.8) is 0 Å². The Balaban J connectivity index is 1.67. The molecule has 0 bridgehead atoms. The highest BCUT2D eigenvalue weighted by Crippen LogP contribution is 2.48. The third-order valence-corrected chi connectivity index (χ3v) is 5.30. The van der Waals surface area contributed by atoms with Crippen LogP contribution in [-0.4, -0.2) is 30.3 Å². The first-order chi connectivity index (χ1) is 12.5. The van der Waals surface area contributed by atoms with Gasteiger partial charge in [-0.25, -0.2) is 0 Å². The Labute approximate surface area is 149 Å². The van der Waals surface area contributed by atoms with Gasteiger partial charge >= 0.3 is 0 Å². The van der Waals surface area contributed by atoms with Crippen LogP contribution in [0.15, 0.2) is 42.5 Å². The zero-order valence-corrected chi connectivity index (χ0v) is 14.1. The molecule has 1 amide bonds. The fourth-order valence-electron chi connectivity index (χ4n) is 3.94. The quantitative estimate of drug-likeness (QED) is 0.481. The number of methoxy groups -OCH3 is 1. The molecule has 1 unspecified atom stereocenters. The molecule has 2 aliphatic rings. The van der Waals surface area contributed by atoms with E-state index in [1.165, 1.54) is 12.1 Å². The highest BCUT2D eigenvalue weighted by Gasteiger charge is 2.57. The molecular formula is C19H16N2O5. The van der Waals surface area contributed by atoms with E-state index in [2.05, 4.69) is 0 Å². The number of benzene rings is 2. The molecule has 0 radical (unpaired) electrons. The summed E-state index contributed by atoms with van der Waals surface area (Å²) in [6.45, 7) is 0.401. The Hall–Kier alpha value is -3.22. The van der Waals surface area contributed by atoms with E-state index in [0.29, 0.717) is 36.4 Å². The molecule has 2 aromatic rings. The smallest absolute Gasteiger partial charge is 0.269 e. The number of ketones is 1. The number of nitro benzene ring substituents is 1. The predicted octanol–water partition coefficient (Wildman–Crippen LogP) is 2.77. The number of nitrogens with zero attached hydrogens (tertiary/aromatic N) is 2. The molecule has 1 saturated heterocycles. The van der Waals surface area contributed by atoms with Gasteiger partial charge in [-0.2, -0.15) is 0 Å². The second-order valence-electron chi connectivity index (χ2n) is 6.55. The zero-order valence-electron chi connectivity index (χ0n) is 14.1. The number of hydrogen-bond donors (Lipinski definition) is 0. The molecule has 1 fully saturated rings. The topological polar surface area (TPSA) is 89.8 Å². The zero-order chi connectivity index (χ0) is 18.5. The van der Waals surface area contributed by atoms with E-state index in [1.54, 1.807) is 42.3 Å². The van der Waals surface area contributed by atoms with Crippen molar-refractivity contribution < 1.29 is 19.2 Å². The standard InChI is InChI=1S/C19H16N2O5/c1-26-16-4-2-3-14-15(16)11-19(17(14)22)9-10-20(18(19)23)12-5-7-13(8-6-12)21(24)25/h2-8H,9-11H2,1H3. The van der Waals surface area contributed by atoms with Crippen LogP contribution < -0.4 is 9.64 Å². The van der Waals surface area contributed by atoms with Crippen LogP contribution in [0.1, 0.15) is 22.3 Å². The van der Waals surface area contributed by atoms with Crippen LogP contribution in [0, 0.1) is 15.5 Å².